The Hall–Kier alpha value is -0.930. The van der Waals surface area contributed by atoms with Crippen molar-refractivity contribution in [2.75, 3.05) is 0 Å². The summed E-state index contributed by atoms with van der Waals surface area (Å²) in [7, 11) is 0. The van der Waals surface area contributed by atoms with E-state index >= 15 is 0 Å². The SMILES string of the molecule is Cc1cnccc1CNC1CCCC1O. The Morgan fingerprint density at radius 1 is 1.53 bits per heavy atom. The molecule has 0 saturated heterocycles. The van der Waals surface area contributed by atoms with Gasteiger partial charge in [-0.3, -0.25) is 4.98 Å². The van der Waals surface area contributed by atoms with Crippen LogP contribution in [0.5, 0.6) is 0 Å². The van der Waals surface area contributed by atoms with Crippen LogP contribution in [0.4, 0.5) is 0 Å². The lowest BCUT2D eigenvalue weighted by Crippen LogP contribution is -2.35. The van der Waals surface area contributed by atoms with E-state index in [-0.39, 0.29) is 12.1 Å². The predicted octanol–water partition coefficient (Wildman–Crippen LogP) is 1.39. The van der Waals surface area contributed by atoms with Gasteiger partial charge >= 0.3 is 0 Å². The number of pyridine rings is 1. The summed E-state index contributed by atoms with van der Waals surface area (Å²) < 4.78 is 0. The molecule has 3 nitrogen and oxygen atoms in total. The van der Waals surface area contributed by atoms with Crippen LogP contribution in [0.15, 0.2) is 18.5 Å². The Morgan fingerprint density at radius 2 is 2.40 bits per heavy atom. The Morgan fingerprint density at radius 3 is 3.07 bits per heavy atom. The summed E-state index contributed by atoms with van der Waals surface area (Å²) in [6.07, 6.45) is 6.69. The number of nitrogens with one attached hydrogen (secondary N) is 1. The summed E-state index contributed by atoms with van der Waals surface area (Å²) >= 11 is 0. The fourth-order valence-corrected chi connectivity index (χ4v) is 2.12. The highest BCUT2D eigenvalue weighted by atomic mass is 16.3. The van der Waals surface area contributed by atoms with Crippen LogP contribution in [0.1, 0.15) is 30.4 Å². The topological polar surface area (TPSA) is 45.2 Å². The molecule has 2 rings (SSSR count). The highest BCUT2D eigenvalue weighted by Crippen LogP contribution is 2.19. The number of hydrogen-bond acceptors (Lipinski definition) is 3. The lowest BCUT2D eigenvalue weighted by Gasteiger charge is -2.17. The van der Waals surface area contributed by atoms with Crippen molar-refractivity contribution in [2.24, 2.45) is 0 Å². The van der Waals surface area contributed by atoms with Crippen LogP contribution in [0.3, 0.4) is 0 Å². The van der Waals surface area contributed by atoms with Gasteiger partial charge in [0, 0.05) is 25.0 Å². The zero-order valence-corrected chi connectivity index (χ0v) is 9.11. The third-order valence-corrected chi connectivity index (χ3v) is 3.17. The molecule has 0 aliphatic heterocycles. The maximum Gasteiger partial charge on any atom is 0.0693 e. The second-order valence-electron chi connectivity index (χ2n) is 4.29. The molecule has 1 aromatic heterocycles. The van der Waals surface area contributed by atoms with E-state index in [9.17, 15) is 5.11 Å². The third kappa shape index (κ3) is 2.55. The van der Waals surface area contributed by atoms with Gasteiger partial charge in [0.15, 0.2) is 0 Å². The van der Waals surface area contributed by atoms with Gasteiger partial charge in [-0.05, 0) is 43.4 Å². The maximum atomic E-state index is 9.66. The minimum absolute atomic E-state index is 0.160. The molecule has 1 aromatic rings. The second kappa shape index (κ2) is 4.73. The summed E-state index contributed by atoms with van der Waals surface area (Å²) in [6, 6.07) is 2.31. The number of rotatable bonds is 3. The highest BCUT2D eigenvalue weighted by Gasteiger charge is 2.24. The first kappa shape index (κ1) is 10.6. The van der Waals surface area contributed by atoms with Gasteiger partial charge < -0.3 is 10.4 Å². The van der Waals surface area contributed by atoms with Gasteiger partial charge in [-0.25, -0.2) is 0 Å². The molecule has 0 radical (unpaired) electrons. The Bertz CT molecular complexity index is 327. The van der Waals surface area contributed by atoms with Gasteiger partial charge in [-0.1, -0.05) is 0 Å². The lowest BCUT2D eigenvalue weighted by atomic mass is 10.1. The van der Waals surface area contributed by atoms with E-state index < -0.39 is 0 Å². The smallest absolute Gasteiger partial charge is 0.0693 e. The van der Waals surface area contributed by atoms with Gasteiger partial charge in [0.05, 0.1) is 6.10 Å². The Labute approximate surface area is 90.5 Å². The van der Waals surface area contributed by atoms with Crippen LogP contribution in [0, 0.1) is 6.92 Å². The summed E-state index contributed by atoms with van der Waals surface area (Å²) in [5.74, 6) is 0. The number of aliphatic hydroxyl groups excluding tert-OH is 1. The molecule has 1 heterocycles. The van der Waals surface area contributed by atoms with E-state index in [0.29, 0.717) is 0 Å². The molecule has 1 aliphatic rings. The molecular formula is C12H18N2O. The van der Waals surface area contributed by atoms with E-state index in [4.69, 9.17) is 0 Å². The second-order valence-corrected chi connectivity index (χ2v) is 4.29. The quantitative estimate of drug-likeness (QED) is 0.785. The average molecular weight is 206 g/mol. The molecular weight excluding hydrogens is 188 g/mol. The van der Waals surface area contributed by atoms with Crippen molar-refractivity contribution in [1.82, 2.24) is 10.3 Å². The molecule has 2 N–H and O–H groups in total. The molecule has 0 aromatic carbocycles. The molecule has 0 amide bonds. The molecule has 2 atom stereocenters. The molecule has 0 bridgehead atoms. The number of aryl methyl sites for hydroxylation is 1. The van der Waals surface area contributed by atoms with Crippen molar-refractivity contribution >= 4 is 0 Å². The molecule has 2 unspecified atom stereocenters. The van der Waals surface area contributed by atoms with E-state index in [0.717, 1.165) is 25.8 Å². The van der Waals surface area contributed by atoms with Crippen molar-refractivity contribution < 1.29 is 5.11 Å². The highest BCUT2D eigenvalue weighted by molar-refractivity contribution is 5.21. The van der Waals surface area contributed by atoms with E-state index in [2.05, 4.69) is 17.2 Å². The maximum absolute atomic E-state index is 9.66. The van der Waals surface area contributed by atoms with Crippen molar-refractivity contribution in [3.63, 3.8) is 0 Å². The van der Waals surface area contributed by atoms with Crippen LogP contribution >= 0.6 is 0 Å². The Kier molecular flexibility index (Phi) is 3.34. The summed E-state index contributed by atoms with van der Waals surface area (Å²) in [4.78, 5) is 4.06. The third-order valence-electron chi connectivity index (χ3n) is 3.17. The van der Waals surface area contributed by atoms with E-state index in [1.54, 1.807) is 0 Å². The lowest BCUT2D eigenvalue weighted by molar-refractivity contribution is 0.148. The summed E-state index contributed by atoms with van der Waals surface area (Å²) in [5.41, 5.74) is 2.47. The average Bonchev–Trinajstić information content (AvgIpc) is 2.63. The number of aliphatic hydroxyl groups is 1. The number of hydrogen-bond donors (Lipinski definition) is 2. The summed E-state index contributed by atoms with van der Waals surface area (Å²) in [6.45, 7) is 2.89. The molecule has 1 fully saturated rings. The number of aromatic nitrogens is 1. The van der Waals surface area contributed by atoms with Crippen LogP contribution in [0.2, 0.25) is 0 Å². The summed E-state index contributed by atoms with van der Waals surface area (Å²) in [5, 5.41) is 13.1. The van der Waals surface area contributed by atoms with Gasteiger partial charge in [0.2, 0.25) is 0 Å². The van der Waals surface area contributed by atoms with Gasteiger partial charge in [0.25, 0.3) is 0 Å². The molecule has 15 heavy (non-hydrogen) atoms. The molecule has 82 valence electrons. The van der Waals surface area contributed by atoms with Crippen molar-refractivity contribution in [3.05, 3.63) is 29.6 Å². The van der Waals surface area contributed by atoms with Gasteiger partial charge in [0.1, 0.15) is 0 Å². The normalized spacial score (nSPS) is 25.7. The molecule has 0 spiro atoms. The molecule has 3 heteroatoms. The van der Waals surface area contributed by atoms with Crippen molar-refractivity contribution in [3.8, 4) is 0 Å². The predicted molar refractivity (Wildman–Crippen MR) is 59.5 cm³/mol. The standard InChI is InChI=1S/C12H18N2O/c1-9-7-13-6-5-10(9)8-14-11-3-2-4-12(11)15/h5-7,11-12,14-15H,2-4,8H2,1H3. The van der Waals surface area contributed by atoms with E-state index in [1.807, 2.05) is 18.5 Å². The zero-order valence-electron chi connectivity index (χ0n) is 9.11. The van der Waals surface area contributed by atoms with Crippen LogP contribution in [-0.2, 0) is 6.54 Å². The monoisotopic (exact) mass is 206 g/mol. The van der Waals surface area contributed by atoms with Crippen LogP contribution in [-0.4, -0.2) is 22.2 Å². The van der Waals surface area contributed by atoms with Gasteiger partial charge in [-0.15, -0.1) is 0 Å². The molecule has 1 saturated carbocycles. The first-order valence-corrected chi connectivity index (χ1v) is 5.58. The fourth-order valence-electron chi connectivity index (χ4n) is 2.12. The van der Waals surface area contributed by atoms with Crippen LogP contribution in [0.25, 0.3) is 0 Å². The van der Waals surface area contributed by atoms with Gasteiger partial charge in [-0.2, -0.15) is 0 Å². The number of nitrogens with zero attached hydrogens (tertiary/aromatic N) is 1. The first-order chi connectivity index (χ1) is 7.27. The largest absolute Gasteiger partial charge is 0.392 e. The fraction of sp³-hybridized carbons (Fsp3) is 0.583. The van der Waals surface area contributed by atoms with Crippen LogP contribution < -0.4 is 5.32 Å². The Balaban J connectivity index is 1.90. The zero-order chi connectivity index (χ0) is 10.7. The minimum atomic E-state index is -0.160. The van der Waals surface area contributed by atoms with Crippen molar-refractivity contribution in [1.29, 1.82) is 0 Å². The first-order valence-electron chi connectivity index (χ1n) is 5.58. The molecule has 1 aliphatic carbocycles. The van der Waals surface area contributed by atoms with Crippen molar-refractivity contribution in [2.45, 2.75) is 44.9 Å². The minimum Gasteiger partial charge on any atom is -0.392 e. The van der Waals surface area contributed by atoms with E-state index in [1.165, 1.54) is 11.1 Å².